The number of nitrogens with zero attached hydrogens (tertiary/aromatic N) is 1. The van der Waals surface area contributed by atoms with Crippen LogP contribution in [0, 0.1) is 6.92 Å². The van der Waals surface area contributed by atoms with Crippen LogP contribution in [0.3, 0.4) is 0 Å². The third kappa shape index (κ3) is 1.84. The summed E-state index contributed by atoms with van der Waals surface area (Å²) in [5.41, 5.74) is 2.21. The van der Waals surface area contributed by atoms with E-state index >= 15 is 0 Å². The highest BCUT2D eigenvalue weighted by Crippen LogP contribution is 2.17. The Morgan fingerprint density at radius 2 is 2.17 bits per heavy atom. The molecular weight excluding hydrogens is 150 g/mol. The van der Waals surface area contributed by atoms with Crippen LogP contribution in [-0.4, -0.2) is 20.4 Å². The first-order valence-electron chi connectivity index (χ1n) is 3.84. The zero-order valence-corrected chi connectivity index (χ0v) is 7.66. The summed E-state index contributed by atoms with van der Waals surface area (Å²) in [5, 5.41) is 0. The predicted molar refractivity (Wildman–Crippen MR) is 51.2 cm³/mol. The molecule has 2 heteroatoms. The molecule has 0 N–H and O–H groups in total. The summed E-state index contributed by atoms with van der Waals surface area (Å²) >= 11 is 0. The van der Waals surface area contributed by atoms with Gasteiger partial charge in [0.15, 0.2) is 0 Å². The fourth-order valence-corrected chi connectivity index (χ4v) is 1.07. The molecule has 2 nitrogen and oxygen atoms in total. The molecule has 0 aromatic heterocycles. The Morgan fingerprint density at radius 3 is 2.75 bits per heavy atom. The first kappa shape index (κ1) is 8.78. The summed E-state index contributed by atoms with van der Waals surface area (Å²) in [6.07, 6.45) is 1.81. The van der Waals surface area contributed by atoms with Crippen molar-refractivity contribution in [3.05, 3.63) is 29.3 Å². The van der Waals surface area contributed by atoms with Gasteiger partial charge in [0.2, 0.25) is 0 Å². The van der Waals surface area contributed by atoms with E-state index in [2.05, 4.69) is 4.99 Å². The Bertz CT molecular complexity index is 292. The van der Waals surface area contributed by atoms with Gasteiger partial charge in [0.05, 0.1) is 7.11 Å². The molecule has 0 aliphatic heterocycles. The van der Waals surface area contributed by atoms with E-state index < -0.39 is 0 Å². The van der Waals surface area contributed by atoms with Crippen molar-refractivity contribution in [2.75, 3.05) is 14.2 Å². The molecule has 1 aromatic rings. The second-order valence-corrected chi connectivity index (χ2v) is 2.62. The van der Waals surface area contributed by atoms with Crippen LogP contribution in [0.25, 0.3) is 0 Å². The molecule has 0 saturated heterocycles. The Morgan fingerprint density at radius 1 is 1.42 bits per heavy atom. The van der Waals surface area contributed by atoms with E-state index in [1.54, 1.807) is 14.2 Å². The lowest BCUT2D eigenvalue weighted by Crippen LogP contribution is -1.89. The van der Waals surface area contributed by atoms with Crippen LogP contribution in [0.2, 0.25) is 0 Å². The molecule has 0 radical (unpaired) electrons. The van der Waals surface area contributed by atoms with Crippen molar-refractivity contribution >= 4 is 6.21 Å². The first-order valence-corrected chi connectivity index (χ1v) is 3.84. The van der Waals surface area contributed by atoms with Crippen LogP contribution < -0.4 is 4.74 Å². The zero-order valence-electron chi connectivity index (χ0n) is 7.66. The number of methoxy groups -OCH3 is 1. The number of ether oxygens (including phenoxy) is 1. The molecule has 1 rings (SSSR count). The molecule has 0 spiro atoms. The minimum atomic E-state index is 0.910. The molecule has 12 heavy (non-hydrogen) atoms. The molecular formula is C10H13NO. The van der Waals surface area contributed by atoms with Crippen molar-refractivity contribution in [2.24, 2.45) is 4.99 Å². The largest absolute Gasteiger partial charge is 0.496 e. The summed E-state index contributed by atoms with van der Waals surface area (Å²) in [6, 6.07) is 6.02. The molecule has 0 aliphatic carbocycles. The molecule has 0 atom stereocenters. The smallest absolute Gasteiger partial charge is 0.122 e. The Kier molecular flexibility index (Phi) is 2.86. The van der Waals surface area contributed by atoms with Gasteiger partial charge < -0.3 is 4.74 Å². The number of hydrogen-bond donors (Lipinski definition) is 0. The van der Waals surface area contributed by atoms with Gasteiger partial charge in [0, 0.05) is 13.3 Å². The van der Waals surface area contributed by atoms with Crippen molar-refractivity contribution in [1.29, 1.82) is 0 Å². The van der Waals surface area contributed by atoms with Crippen LogP contribution in [0.1, 0.15) is 11.1 Å². The predicted octanol–water partition coefficient (Wildman–Crippen LogP) is 2.05. The Hall–Kier alpha value is -1.31. The van der Waals surface area contributed by atoms with Crippen molar-refractivity contribution in [3.8, 4) is 5.75 Å². The first-order chi connectivity index (χ1) is 5.77. The van der Waals surface area contributed by atoms with Crippen LogP contribution in [0.4, 0.5) is 0 Å². The van der Waals surface area contributed by atoms with Gasteiger partial charge in [-0.15, -0.1) is 0 Å². The molecule has 0 saturated carbocycles. The quantitative estimate of drug-likeness (QED) is 0.611. The normalized spacial score (nSPS) is 10.6. The van der Waals surface area contributed by atoms with Gasteiger partial charge in [-0.1, -0.05) is 12.1 Å². The molecule has 0 amide bonds. The van der Waals surface area contributed by atoms with E-state index in [0.29, 0.717) is 0 Å². The highest BCUT2D eigenvalue weighted by Gasteiger charge is 1.97. The number of rotatable bonds is 2. The Labute approximate surface area is 72.9 Å². The highest BCUT2D eigenvalue weighted by atomic mass is 16.5. The second-order valence-electron chi connectivity index (χ2n) is 2.62. The van der Waals surface area contributed by atoms with E-state index in [9.17, 15) is 0 Å². The van der Waals surface area contributed by atoms with Crippen molar-refractivity contribution in [1.82, 2.24) is 0 Å². The monoisotopic (exact) mass is 163 g/mol. The molecule has 0 aliphatic rings. The fraction of sp³-hybridized carbons (Fsp3) is 0.300. The lowest BCUT2D eigenvalue weighted by Gasteiger charge is -2.04. The maximum atomic E-state index is 5.17. The third-order valence-corrected chi connectivity index (χ3v) is 1.71. The summed E-state index contributed by atoms with van der Waals surface area (Å²) in [5.74, 6) is 0.910. The van der Waals surface area contributed by atoms with Gasteiger partial charge >= 0.3 is 0 Å². The van der Waals surface area contributed by atoms with Gasteiger partial charge in [0.25, 0.3) is 0 Å². The lowest BCUT2D eigenvalue weighted by molar-refractivity contribution is 0.411. The second kappa shape index (κ2) is 3.90. The fourth-order valence-electron chi connectivity index (χ4n) is 1.07. The van der Waals surface area contributed by atoms with E-state index in [4.69, 9.17) is 4.74 Å². The number of aliphatic imine (C=N–C) groups is 1. The van der Waals surface area contributed by atoms with Crippen LogP contribution in [0.15, 0.2) is 23.2 Å². The third-order valence-electron chi connectivity index (χ3n) is 1.71. The molecule has 0 bridgehead atoms. The topological polar surface area (TPSA) is 21.6 Å². The molecule has 0 unspecified atom stereocenters. The van der Waals surface area contributed by atoms with E-state index in [1.807, 2.05) is 31.3 Å². The maximum Gasteiger partial charge on any atom is 0.122 e. The molecule has 64 valence electrons. The molecule has 0 heterocycles. The van der Waals surface area contributed by atoms with E-state index in [-0.39, 0.29) is 0 Å². The summed E-state index contributed by atoms with van der Waals surface area (Å²) in [7, 11) is 3.43. The number of hydrogen-bond acceptors (Lipinski definition) is 2. The van der Waals surface area contributed by atoms with Crippen molar-refractivity contribution in [3.63, 3.8) is 0 Å². The van der Waals surface area contributed by atoms with Crippen LogP contribution in [0.5, 0.6) is 5.75 Å². The van der Waals surface area contributed by atoms with E-state index in [1.165, 1.54) is 0 Å². The molecule has 0 fully saturated rings. The van der Waals surface area contributed by atoms with Gasteiger partial charge in [0.1, 0.15) is 5.75 Å². The average molecular weight is 163 g/mol. The summed E-state index contributed by atoms with van der Waals surface area (Å²) < 4.78 is 5.17. The standard InChI is InChI=1S/C10H13NO/c1-8-4-5-9(7-11-2)6-10(8)12-3/h4-7H,1-3H3/b11-7+. The Balaban J connectivity index is 3.05. The maximum absolute atomic E-state index is 5.17. The van der Waals surface area contributed by atoms with Gasteiger partial charge in [-0.05, 0) is 24.1 Å². The molecule has 1 aromatic carbocycles. The summed E-state index contributed by atoms with van der Waals surface area (Å²) in [4.78, 5) is 3.93. The summed E-state index contributed by atoms with van der Waals surface area (Å²) in [6.45, 7) is 2.02. The van der Waals surface area contributed by atoms with Crippen LogP contribution >= 0.6 is 0 Å². The number of benzene rings is 1. The highest BCUT2D eigenvalue weighted by molar-refractivity contribution is 5.80. The van der Waals surface area contributed by atoms with E-state index in [0.717, 1.165) is 16.9 Å². The van der Waals surface area contributed by atoms with Gasteiger partial charge in [-0.3, -0.25) is 4.99 Å². The van der Waals surface area contributed by atoms with Gasteiger partial charge in [-0.25, -0.2) is 0 Å². The van der Waals surface area contributed by atoms with Crippen molar-refractivity contribution < 1.29 is 4.74 Å². The average Bonchev–Trinajstić information content (AvgIpc) is 2.09. The number of aryl methyl sites for hydroxylation is 1. The lowest BCUT2D eigenvalue weighted by atomic mass is 10.1. The zero-order chi connectivity index (χ0) is 8.97. The van der Waals surface area contributed by atoms with Crippen LogP contribution in [-0.2, 0) is 0 Å². The SMILES string of the molecule is C/N=C/c1ccc(C)c(OC)c1. The van der Waals surface area contributed by atoms with Gasteiger partial charge in [-0.2, -0.15) is 0 Å². The minimum Gasteiger partial charge on any atom is -0.496 e. The minimum absolute atomic E-state index is 0.910. The van der Waals surface area contributed by atoms with Crippen molar-refractivity contribution in [2.45, 2.75) is 6.92 Å².